The van der Waals surface area contributed by atoms with Crippen LogP contribution in [0.5, 0.6) is 0 Å². The minimum Gasteiger partial charge on any atom is -0.385 e. The van der Waals surface area contributed by atoms with Crippen molar-refractivity contribution in [3.05, 3.63) is 29.3 Å². The monoisotopic (exact) mass is 272 g/mol. The van der Waals surface area contributed by atoms with Gasteiger partial charge in [-0.15, -0.1) is 0 Å². The van der Waals surface area contributed by atoms with E-state index in [1.807, 2.05) is 0 Å². The number of hydrogen-bond acceptors (Lipinski definition) is 3. The quantitative estimate of drug-likeness (QED) is 0.250. The van der Waals surface area contributed by atoms with Gasteiger partial charge in [0.2, 0.25) is 5.96 Å². The predicted octanol–water partition coefficient (Wildman–Crippen LogP) is 1.54. The van der Waals surface area contributed by atoms with Crippen LogP contribution < -0.4 is 16.6 Å². The van der Waals surface area contributed by atoms with Crippen molar-refractivity contribution in [1.29, 1.82) is 0 Å². The van der Waals surface area contributed by atoms with Crippen molar-refractivity contribution < 1.29 is 13.5 Å². The van der Waals surface area contributed by atoms with Crippen LogP contribution in [0.3, 0.4) is 0 Å². The Hall–Kier alpha value is -1.73. The molecule has 0 aromatic heterocycles. The molecular weight excluding hydrogens is 254 g/mol. The number of ether oxygens (including phenoxy) is 1. The maximum atomic E-state index is 13.8. The Balaban J connectivity index is 2.78. The van der Waals surface area contributed by atoms with Crippen LogP contribution in [0.2, 0.25) is 0 Å². The van der Waals surface area contributed by atoms with Crippen molar-refractivity contribution in [3.63, 3.8) is 0 Å². The van der Waals surface area contributed by atoms with E-state index in [-0.39, 0.29) is 11.6 Å². The zero-order valence-electron chi connectivity index (χ0n) is 11.0. The van der Waals surface area contributed by atoms with Gasteiger partial charge in [0.25, 0.3) is 0 Å². The fourth-order valence-electron chi connectivity index (χ4n) is 1.41. The summed E-state index contributed by atoms with van der Waals surface area (Å²) in [5.74, 6) is 3.98. The first-order valence-corrected chi connectivity index (χ1v) is 5.81. The van der Waals surface area contributed by atoms with E-state index in [1.165, 1.54) is 12.1 Å². The van der Waals surface area contributed by atoms with Gasteiger partial charge in [-0.1, -0.05) is 6.07 Å². The van der Waals surface area contributed by atoms with Crippen molar-refractivity contribution >= 4 is 11.6 Å². The molecule has 0 fully saturated rings. The maximum absolute atomic E-state index is 13.8. The molecule has 0 heterocycles. The largest absolute Gasteiger partial charge is 0.385 e. The fourth-order valence-corrected chi connectivity index (χ4v) is 1.41. The number of halogens is 2. The molecule has 0 aliphatic rings. The number of nitrogens with zero attached hydrogens (tertiary/aromatic N) is 1. The van der Waals surface area contributed by atoms with Crippen molar-refractivity contribution in [2.45, 2.75) is 13.3 Å². The molecule has 0 saturated carbocycles. The summed E-state index contributed by atoms with van der Waals surface area (Å²) in [6.45, 7) is 2.52. The van der Waals surface area contributed by atoms with Gasteiger partial charge < -0.3 is 10.1 Å². The second-order valence-corrected chi connectivity index (χ2v) is 3.90. The number of nitrogens with two attached hydrogens (primary N) is 1. The van der Waals surface area contributed by atoms with Crippen molar-refractivity contribution in [2.24, 2.45) is 10.8 Å². The van der Waals surface area contributed by atoms with Crippen molar-refractivity contribution in [3.8, 4) is 0 Å². The second kappa shape index (κ2) is 7.65. The average Bonchev–Trinajstić information content (AvgIpc) is 2.41. The standard InChI is InChI=1S/C12H18F2N4O/c1-8-4-5-9(13)11(10(8)14)17-12(18-15)16-6-3-7-19-2/h4-5H,3,6-7,15H2,1-2H3,(H2,16,17,18). The number of aliphatic imine (C=N–C) groups is 1. The highest BCUT2D eigenvalue weighted by molar-refractivity contribution is 5.93. The Kier molecular flexibility index (Phi) is 6.17. The van der Waals surface area contributed by atoms with E-state index in [9.17, 15) is 8.78 Å². The molecule has 106 valence electrons. The van der Waals surface area contributed by atoms with E-state index in [2.05, 4.69) is 15.7 Å². The summed E-state index contributed by atoms with van der Waals surface area (Å²) in [5, 5.41) is 2.51. The molecule has 1 aromatic rings. The number of hydrogen-bond donors (Lipinski definition) is 3. The summed E-state index contributed by atoms with van der Waals surface area (Å²) in [6, 6.07) is 2.54. The number of anilines is 1. The number of benzene rings is 1. The zero-order chi connectivity index (χ0) is 14.3. The summed E-state index contributed by atoms with van der Waals surface area (Å²) >= 11 is 0. The smallest absolute Gasteiger partial charge is 0.210 e. The molecule has 19 heavy (non-hydrogen) atoms. The lowest BCUT2D eigenvalue weighted by atomic mass is 10.2. The van der Waals surface area contributed by atoms with Crippen molar-refractivity contribution in [2.75, 3.05) is 25.6 Å². The SMILES string of the molecule is COCCCN=C(NN)Nc1c(F)ccc(C)c1F. The van der Waals surface area contributed by atoms with Gasteiger partial charge >= 0.3 is 0 Å². The molecule has 0 radical (unpaired) electrons. The van der Waals surface area contributed by atoms with Gasteiger partial charge in [0.05, 0.1) is 0 Å². The summed E-state index contributed by atoms with van der Waals surface area (Å²) in [6.07, 6.45) is 0.683. The van der Waals surface area contributed by atoms with Crippen LogP contribution in [-0.4, -0.2) is 26.2 Å². The number of nitrogens with one attached hydrogen (secondary N) is 2. The van der Waals surface area contributed by atoms with E-state index in [0.29, 0.717) is 25.1 Å². The lowest BCUT2D eigenvalue weighted by Crippen LogP contribution is -2.37. The molecule has 0 amide bonds. The molecule has 4 N–H and O–H groups in total. The third kappa shape index (κ3) is 4.46. The number of rotatable bonds is 5. The lowest BCUT2D eigenvalue weighted by molar-refractivity contribution is 0.197. The van der Waals surface area contributed by atoms with Gasteiger partial charge in [-0.25, -0.2) is 14.6 Å². The third-order valence-corrected chi connectivity index (χ3v) is 2.44. The molecule has 0 spiro atoms. The number of methoxy groups -OCH3 is 1. The van der Waals surface area contributed by atoms with E-state index >= 15 is 0 Å². The first kappa shape index (κ1) is 15.3. The van der Waals surface area contributed by atoms with Gasteiger partial charge in [0.1, 0.15) is 11.5 Å². The summed E-state index contributed by atoms with van der Waals surface area (Å²) in [4.78, 5) is 4.04. The molecule has 0 unspecified atom stereocenters. The van der Waals surface area contributed by atoms with Crippen LogP contribution in [0.4, 0.5) is 14.5 Å². The van der Waals surface area contributed by atoms with E-state index in [1.54, 1.807) is 14.0 Å². The third-order valence-electron chi connectivity index (χ3n) is 2.44. The van der Waals surface area contributed by atoms with Gasteiger partial charge in [-0.05, 0) is 25.0 Å². The lowest BCUT2D eigenvalue weighted by Gasteiger charge is -2.12. The summed E-state index contributed by atoms with van der Waals surface area (Å²) < 4.78 is 32.1. The molecule has 0 saturated heterocycles. The predicted molar refractivity (Wildman–Crippen MR) is 70.8 cm³/mol. The van der Waals surface area contributed by atoms with Gasteiger partial charge in [0.15, 0.2) is 5.82 Å². The first-order valence-electron chi connectivity index (χ1n) is 5.81. The second-order valence-electron chi connectivity index (χ2n) is 3.90. The number of aryl methyl sites for hydroxylation is 1. The molecular formula is C12H18F2N4O. The summed E-state index contributed by atoms with van der Waals surface area (Å²) in [5.41, 5.74) is 2.32. The van der Waals surface area contributed by atoms with Crippen LogP contribution in [0.25, 0.3) is 0 Å². The Morgan fingerprint density at radius 3 is 2.79 bits per heavy atom. The Morgan fingerprint density at radius 2 is 2.16 bits per heavy atom. The normalized spacial score (nSPS) is 11.5. The molecule has 0 aliphatic heterocycles. The average molecular weight is 272 g/mol. The molecule has 0 aliphatic carbocycles. The highest BCUT2D eigenvalue weighted by Gasteiger charge is 2.12. The minimum atomic E-state index is -0.706. The Labute approximate surface area is 110 Å². The Morgan fingerprint density at radius 1 is 1.42 bits per heavy atom. The van der Waals surface area contributed by atoms with E-state index < -0.39 is 11.6 Å². The highest BCUT2D eigenvalue weighted by atomic mass is 19.1. The Bertz CT molecular complexity index is 452. The van der Waals surface area contributed by atoms with Crippen LogP contribution in [0, 0.1) is 18.6 Å². The molecule has 0 bridgehead atoms. The molecule has 1 rings (SSSR count). The van der Waals surface area contributed by atoms with Crippen molar-refractivity contribution in [1.82, 2.24) is 5.43 Å². The van der Waals surface area contributed by atoms with Crippen LogP contribution >= 0.6 is 0 Å². The van der Waals surface area contributed by atoms with Gasteiger partial charge in [-0.3, -0.25) is 10.4 Å². The molecule has 1 aromatic carbocycles. The molecule has 0 atom stereocenters. The van der Waals surface area contributed by atoms with Crippen LogP contribution in [0.15, 0.2) is 17.1 Å². The van der Waals surface area contributed by atoms with Crippen LogP contribution in [0.1, 0.15) is 12.0 Å². The molecule has 5 nitrogen and oxygen atoms in total. The number of hydrazine groups is 1. The summed E-state index contributed by atoms with van der Waals surface area (Å²) in [7, 11) is 1.58. The van der Waals surface area contributed by atoms with Crippen LogP contribution in [-0.2, 0) is 4.74 Å². The zero-order valence-corrected chi connectivity index (χ0v) is 11.0. The minimum absolute atomic E-state index is 0.0968. The van der Waals surface area contributed by atoms with E-state index in [4.69, 9.17) is 10.6 Å². The fraction of sp³-hybridized carbons (Fsp3) is 0.417. The van der Waals surface area contributed by atoms with E-state index in [0.717, 1.165) is 0 Å². The topological polar surface area (TPSA) is 71.7 Å². The maximum Gasteiger partial charge on any atom is 0.210 e. The highest BCUT2D eigenvalue weighted by Crippen LogP contribution is 2.21. The van der Waals surface area contributed by atoms with Gasteiger partial charge in [-0.2, -0.15) is 0 Å². The molecule has 7 heteroatoms. The first-order chi connectivity index (χ1) is 9.10. The number of guanidine groups is 1. The van der Waals surface area contributed by atoms with Gasteiger partial charge in [0, 0.05) is 20.3 Å².